The molecule has 2 N–H and O–H groups in total. The van der Waals surface area contributed by atoms with Gasteiger partial charge in [-0.2, -0.15) is 11.8 Å². The Morgan fingerprint density at radius 1 is 1.06 bits per heavy atom. The van der Waals surface area contributed by atoms with Crippen LogP contribution in [0.2, 0.25) is 0 Å². The Morgan fingerprint density at radius 3 is 2.46 bits per heavy atom. The van der Waals surface area contributed by atoms with Crippen molar-refractivity contribution in [3.63, 3.8) is 0 Å². The lowest BCUT2D eigenvalue weighted by Crippen LogP contribution is -2.48. The average Bonchev–Trinajstić information content (AvgIpc) is 2.83. The molecular weight excluding hydrogens is 508 g/mol. The maximum absolute atomic E-state index is 13.2. The summed E-state index contributed by atoms with van der Waals surface area (Å²) in [5.41, 5.74) is 0.999. The Morgan fingerprint density at radius 2 is 1.80 bits per heavy atom. The molecule has 1 amide bonds. The van der Waals surface area contributed by atoms with Crippen molar-refractivity contribution in [3.05, 3.63) is 35.9 Å². The summed E-state index contributed by atoms with van der Waals surface area (Å²) in [6.45, 7) is 6.56. The van der Waals surface area contributed by atoms with Crippen molar-refractivity contribution in [1.82, 2.24) is 10.6 Å². The second-order valence-corrected chi connectivity index (χ2v) is 11.5. The maximum Gasteiger partial charge on any atom is 0.510 e. The van der Waals surface area contributed by atoms with E-state index >= 15 is 0 Å². The maximum atomic E-state index is 13.2. The predicted molar refractivity (Wildman–Crippen MR) is 145 cm³/mol. The Bertz CT molecular complexity index is 739. The average molecular weight is 547 g/mol. The first kappa shape index (κ1) is 31.5. The van der Waals surface area contributed by atoms with Gasteiger partial charge in [0.25, 0.3) is 6.23 Å². The molecule has 1 aromatic rings. The van der Waals surface area contributed by atoms with E-state index in [0.717, 1.165) is 30.2 Å². The van der Waals surface area contributed by atoms with Crippen LogP contribution in [-0.4, -0.2) is 67.7 Å². The molecule has 0 aliphatic rings. The molecule has 1 rings (SSSR count). The van der Waals surface area contributed by atoms with Crippen molar-refractivity contribution in [2.24, 2.45) is 11.8 Å². The molecule has 0 radical (unpaired) electrons. The minimum Gasteiger partial charge on any atom is -0.461 e. The fourth-order valence-electron chi connectivity index (χ4n) is 2.71. The van der Waals surface area contributed by atoms with E-state index in [0.29, 0.717) is 12.2 Å². The SMILES string of the molecule is CCOC(=O)OC(NC(=O)C(CSSCNCCCSC)Cc1ccccc1)C(=O)OCC(C)C. The predicted octanol–water partition coefficient (Wildman–Crippen LogP) is 4.34. The summed E-state index contributed by atoms with van der Waals surface area (Å²) in [5.74, 6) is 0.823. The standard InChI is InChI=1S/C24H38N2O6S3/c1-5-30-24(29)32-22(23(28)31-15-18(2)3)26-21(27)20(14-19-10-7-6-8-11-19)16-34-35-17-25-12-9-13-33-4/h6-8,10-11,18,20,22,25H,5,9,12-17H2,1-4H3,(H,26,27). The number of amides is 1. The summed E-state index contributed by atoms with van der Waals surface area (Å²) >= 11 is 1.83. The smallest absolute Gasteiger partial charge is 0.461 e. The third-order valence-corrected chi connectivity index (χ3v) is 7.42. The van der Waals surface area contributed by atoms with Gasteiger partial charge in [-0.25, -0.2) is 9.59 Å². The lowest BCUT2D eigenvalue weighted by Gasteiger charge is -2.22. The summed E-state index contributed by atoms with van der Waals surface area (Å²) in [4.78, 5) is 37.6. The van der Waals surface area contributed by atoms with E-state index < -0.39 is 30.2 Å². The van der Waals surface area contributed by atoms with Crippen LogP contribution in [0.5, 0.6) is 0 Å². The monoisotopic (exact) mass is 546 g/mol. The van der Waals surface area contributed by atoms with Crippen LogP contribution in [-0.2, 0) is 30.2 Å². The zero-order valence-electron chi connectivity index (χ0n) is 20.9. The number of carbonyl (C=O) groups excluding carboxylic acids is 3. The first-order valence-corrected chi connectivity index (χ1v) is 15.5. The van der Waals surface area contributed by atoms with Gasteiger partial charge >= 0.3 is 12.1 Å². The number of hydrogen-bond donors (Lipinski definition) is 2. The fourth-order valence-corrected chi connectivity index (χ4v) is 5.26. The molecule has 0 aliphatic heterocycles. The minimum atomic E-state index is -1.57. The Balaban J connectivity index is 2.77. The minimum absolute atomic E-state index is 0.0797. The number of nitrogens with one attached hydrogen (secondary N) is 2. The van der Waals surface area contributed by atoms with Crippen LogP contribution >= 0.6 is 33.3 Å². The van der Waals surface area contributed by atoms with Gasteiger partial charge in [0.05, 0.1) is 25.0 Å². The van der Waals surface area contributed by atoms with Gasteiger partial charge in [-0.05, 0) is 49.8 Å². The summed E-state index contributed by atoms with van der Waals surface area (Å²) in [5, 5.41) is 5.92. The van der Waals surface area contributed by atoms with E-state index in [4.69, 9.17) is 14.2 Å². The summed E-state index contributed by atoms with van der Waals surface area (Å²) in [7, 11) is 3.23. The summed E-state index contributed by atoms with van der Waals surface area (Å²) in [6.07, 6.45) is 1.06. The molecule has 0 spiro atoms. The molecule has 0 fully saturated rings. The van der Waals surface area contributed by atoms with Crippen LogP contribution in [0.25, 0.3) is 0 Å². The summed E-state index contributed by atoms with van der Waals surface area (Å²) < 4.78 is 15.0. The molecule has 35 heavy (non-hydrogen) atoms. The number of ether oxygens (including phenoxy) is 3. The highest BCUT2D eigenvalue weighted by Gasteiger charge is 2.30. The van der Waals surface area contributed by atoms with Gasteiger partial charge in [-0.15, -0.1) is 0 Å². The molecule has 198 valence electrons. The zero-order chi connectivity index (χ0) is 25.9. The third-order valence-electron chi connectivity index (χ3n) is 4.43. The third kappa shape index (κ3) is 15.2. The van der Waals surface area contributed by atoms with Gasteiger partial charge in [-0.1, -0.05) is 65.8 Å². The Kier molecular flexibility index (Phi) is 17.6. The molecule has 0 saturated heterocycles. The van der Waals surface area contributed by atoms with Crippen molar-refractivity contribution in [1.29, 1.82) is 0 Å². The second-order valence-electron chi connectivity index (χ2n) is 7.99. The fraction of sp³-hybridized carbons (Fsp3) is 0.625. The van der Waals surface area contributed by atoms with Crippen LogP contribution in [0, 0.1) is 11.8 Å². The molecule has 0 heterocycles. The highest BCUT2D eigenvalue weighted by Crippen LogP contribution is 2.25. The lowest BCUT2D eigenvalue weighted by atomic mass is 10.0. The number of thioether (sulfide) groups is 1. The zero-order valence-corrected chi connectivity index (χ0v) is 23.4. The molecule has 0 bridgehead atoms. The Labute approximate surface area is 221 Å². The van der Waals surface area contributed by atoms with Gasteiger partial charge in [0, 0.05) is 5.75 Å². The van der Waals surface area contributed by atoms with Gasteiger partial charge < -0.3 is 24.8 Å². The van der Waals surface area contributed by atoms with Gasteiger partial charge in [0.1, 0.15) is 0 Å². The van der Waals surface area contributed by atoms with Crippen molar-refractivity contribution >= 4 is 51.4 Å². The van der Waals surface area contributed by atoms with Crippen molar-refractivity contribution in [2.75, 3.05) is 43.4 Å². The van der Waals surface area contributed by atoms with Gasteiger partial charge in [-0.3, -0.25) is 4.79 Å². The van der Waals surface area contributed by atoms with E-state index in [1.165, 1.54) is 0 Å². The molecule has 0 aliphatic carbocycles. The van der Waals surface area contributed by atoms with E-state index in [-0.39, 0.29) is 19.1 Å². The molecule has 8 nitrogen and oxygen atoms in total. The highest BCUT2D eigenvalue weighted by atomic mass is 33.1. The van der Waals surface area contributed by atoms with Crippen molar-refractivity contribution < 1.29 is 28.6 Å². The molecule has 2 unspecified atom stereocenters. The van der Waals surface area contributed by atoms with Crippen LogP contribution in [0.15, 0.2) is 30.3 Å². The molecular formula is C24H38N2O6S3. The number of hydrogen-bond acceptors (Lipinski definition) is 10. The van der Waals surface area contributed by atoms with Crippen LogP contribution in [0.4, 0.5) is 4.79 Å². The van der Waals surface area contributed by atoms with E-state index in [1.807, 2.05) is 55.9 Å². The second kappa shape index (κ2) is 19.6. The van der Waals surface area contributed by atoms with Crippen molar-refractivity contribution in [3.8, 4) is 0 Å². The van der Waals surface area contributed by atoms with Crippen LogP contribution in [0.1, 0.15) is 32.8 Å². The largest absolute Gasteiger partial charge is 0.510 e. The first-order valence-electron chi connectivity index (χ1n) is 11.7. The number of carbonyl (C=O) groups is 3. The topological polar surface area (TPSA) is 103 Å². The molecule has 2 atom stereocenters. The van der Waals surface area contributed by atoms with Gasteiger partial charge in [0.15, 0.2) is 0 Å². The molecule has 1 aromatic carbocycles. The van der Waals surface area contributed by atoms with E-state index in [2.05, 4.69) is 16.9 Å². The van der Waals surface area contributed by atoms with Crippen molar-refractivity contribution in [2.45, 2.75) is 39.8 Å². The van der Waals surface area contributed by atoms with Gasteiger partial charge in [0.2, 0.25) is 5.91 Å². The van der Waals surface area contributed by atoms with Crippen LogP contribution in [0.3, 0.4) is 0 Å². The molecule has 11 heteroatoms. The number of esters is 1. The quantitative estimate of drug-likeness (QED) is 0.120. The number of rotatable bonds is 18. The Hall–Kier alpha value is -1.56. The number of benzene rings is 1. The molecule has 0 saturated carbocycles. The molecule has 0 aromatic heterocycles. The lowest BCUT2D eigenvalue weighted by molar-refractivity contribution is -0.160. The van der Waals surface area contributed by atoms with Crippen LogP contribution < -0.4 is 10.6 Å². The summed E-state index contributed by atoms with van der Waals surface area (Å²) in [6, 6.07) is 9.66. The van der Waals surface area contributed by atoms with E-state index in [9.17, 15) is 14.4 Å². The van der Waals surface area contributed by atoms with E-state index in [1.54, 1.807) is 28.5 Å². The normalized spacial score (nSPS) is 12.6. The highest BCUT2D eigenvalue weighted by molar-refractivity contribution is 8.76. The first-order chi connectivity index (χ1) is 16.9.